The van der Waals surface area contributed by atoms with Crippen molar-refractivity contribution in [2.24, 2.45) is 5.92 Å². The SMILES string of the molecule is COc1cccc(-c2ccc(NC(=O)C3CCCN(C4CCCC4)C3)cc2)c1. The van der Waals surface area contributed by atoms with Crippen molar-refractivity contribution in [3.8, 4) is 16.9 Å². The molecule has 1 N–H and O–H groups in total. The Bertz CT molecular complexity index is 797. The molecule has 28 heavy (non-hydrogen) atoms. The Labute approximate surface area is 167 Å². The fraction of sp³-hybridized carbons (Fsp3) is 0.458. The molecule has 2 aliphatic rings. The van der Waals surface area contributed by atoms with Crippen molar-refractivity contribution >= 4 is 11.6 Å². The lowest BCUT2D eigenvalue weighted by Crippen LogP contribution is -2.44. The quantitative estimate of drug-likeness (QED) is 0.800. The zero-order chi connectivity index (χ0) is 19.3. The van der Waals surface area contributed by atoms with E-state index < -0.39 is 0 Å². The molecule has 2 fully saturated rings. The number of hydrogen-bond donors (Lipinski definition) is 1. The molecule has 1 atom stereocenters. The zero-order valence-corrected chi connectivity index (χ0v) is 16.7. The average molecular weight is 379 g/mol. The first kappa shape index (κ1) is 19.0. The minimum Gasteiger partial charge on any atom is -0.497 e. The predicted molar refractivity (Wildman–Crippen MR) is 114 cm³/mol. The summed E-state index contributed by atoms with van der Waals surface area (Å²) in [6.07, 6.45) is 7.43. The van der Waals surface area contributed by atoms with Gasteiger partial charge in [0.15, 0.2) is 0 Å². The first-order chi connectivity index (χ1) is 13.7. The molecule has 0 bridgehead atoms. The predicted octanol–water partition coefficient (Wildman–Crippen LogP) is 4.96. The molecule has 0 radical (unpaired) electrons. The number of hydrogen-bond acceptors (Lipinski definition) is 3. The Hall–Kier alpha value is -2.33. The Balaban J connectivity index is 1.37. The highest BCUT2D eigenvalue weighted by Gasteiger charge is 2.31. The number of benzene rings is 2. The summed E-state index contributed by atoms with van der Waals surface area (Å²) in [7, 11) is 1.68. The second-order valence-electron chi connectivity index (χ2n) is 8.07. The standard InChI is InChI=1S/C24H30N2O2/c1-28-23-10-4-6-19(16-23)18-11-13-21(14-12-18)25-24(27)20-7-5-15-26(17-20)22-8-2-3-9-22/h4,6,10-14,16,20,22H,2-3,5,7-9,15,17H2,1H3,(H,25,27). The van der Waals surface area contributed by atoms with E-state index in [1.807, 2.05) is 30.3 Å². The van der Waals surface area contributed by atoms with Crippen LogP contribution in [0.15, 0.2) is 48.5 Å². The van der Waals surface area contributed by atoms with Crippen LogP contribution in [0.1, 0.15) is 38.5 Å². The van der Waals surface area contributed by atoms with Gasteiger partial charge in [-0.2, -0.15) is 0 Å². The summed E-state index contributed by atoms with van der Waals surface area (Å²) in [5.41, 5.74) is 3.09. The van der Waals surface area contributed by atoms with Gasteiger partial charge in [-0.05, 0) is 67.6 Å². The number of ether oxygens (including phenoxy) is 1. The summed E-state index contributed by atoms with van der Waals surface area (Å²) < 4.78 is 5.30. The molecule has 4 rings (SSSR count). The van der Waals surface area contributed by atoms with Crippen molar-refractivity contribution in [3.63, 3.8) is 0 Å². The number of piperidine rings is 1. The van der Waals surface area contributed by atoms with Gasteiger partial charge in [-0.25, -0.2) is 0 Å². The molecule has 0 spiro atoms. The van der Waals surface area contributed by atoms with Crippen molar-refractivity contribution in [1.82, 2.24) is 4.90 Å². The van der Waals surface area contributed by atoms with Crippen LogP contribution in [0.3, 0.4) is 0 Å². The van der Waals surface area contributed by atoms with Crippen LogP contribution < -0.4 is 10.1 Å². The Kier molecular flexibility index (Phi) is 5.96. The van der Waals surface area contributed by atoms with E-state index >= 15 is 0 Å². The van der Waals surface area contributed by atoms with E-state index in [1.54, 1.807) is 7.11 Å². The number of amides is 1. The highest BCUT2D eigenvalue weighted by molar-refractivity contribution is 5.93. The summed E-state index contributed by atoms with van der Waals surface area (Å²) in [6.45, 7) is 2.07. The summed E-state index contributed by atoms with van der Waals surface area (Å²) in [6, 6.07) is 16.8. The van der Waals surface area contributed by atoms with E-state index in [-0.39, 0.29) is 11.8 Å². The molecule has 1 saturated carbocycles. The van der Waals surface area contributed by atoms with Crippen LogP contribution in [0.2, 0.25) is 0 Å². The van der Waals surface area contributed by atoms with Gasteiger partial charge in [0.2, 0.25) is 5.91 Å². The third-order valence-electron chi connectivity index (χ3n) is 6.22. The van der Waals surface area contributed by atoms with Gasteiger partial charge in [0.25, 0.3) is 0 Å². The number of nitrogens with one attached hydrogen (secondary N) is 1. The molecular formula is C24H30N2O2. The summed E-state index contributed by atoms with van der Waals surface area (Å²) in [5, 5.41) is 3.13. The van der Waals surface area contributed by atoms with E-state index in [1.165, 1.54) is 25.7 Å². The van der Waals surface area contributed by atoms with Gasteiger partial charge >= 0.3 is 0 Å². The number of carbonyl (C=O) groups excluding carboxylic acids is 1. The number of carbonyl (C=O) groups is 1. The van der Waals surface area contributed by atoms with Crippen molar-refractivity contribution in [2.45, 2.75) is 44.6 Å². The smallest absolute Gasteiger partial charge is 0.228 e. The van der Waals surface area contributed by atoms with Crippen molar-refractivity contribution < 1.29 is 9.53 Å². The number of nitrogens with zero attached hydrogens (tertiary/aromatic N) is 1. The molecule has 2 aromatic carbocycles. The van der Waals surface area contributed by atoms with Crippen LogP contribution in [0.5, 0.6) is 5.75 Å². The fourth-order valence-electron chi connectivity index (χ4n) is 4.61. The molecule has 148 valence electrons. The van der Waals surface area contributed by atoms with E-state index in [2.05, 4.69) is 28.4 Å². The molecule has 1 unspecified atom stereocenters. The second kappa shape index (κ2) is 8.78. The third kappa shape index (κ3) is 4.39. The molecule has 4 heteroatoms. The zero-order valence-electron chi connectivity index (χ0n) is 16.7. The highest BCUT2D eigenvalue weighted by atomic mass is 16.5. The molecule has 0 aromatic heterocycles. The lowest BCUT2D eigenvalue weighted by Gasteiger charge is -2.36. The minimum absolute atomic E-state index is 0.104. The maximum Gasteiger partial charge on any atom is 0.228 e. The van der Waals surface area contributed by atoms with E-state index in [0.29, 0.717) is 6.04 Å². The maximum absolute atomic E-state index is 12.8. The van der Waals surface area contributed by atoms with Crippen molar-refractivity contribution in [3.05, 3.63) is 48.5 Å². The molecule has 1 aliphatic carbocycles. The van der Waals surface area contributed by atoms with E-state index in [9.17, 15) is 4.79 Å². The van der Waals surface area contributed by atoms with Gasteiger partial charge in [0.1, 0.15) is 5.75 Å². The van der Waals surface area contributed by atoms with Crippen LogP contribution >= 0.6 is 0 Å². The first-order valence-corrected chi connectivity index (χ1v) is 10.5. The number of methoxy groups -OCH3 is 1. The monoisotopic (exact) mass is 378 g/mol. The first-order valence-electron chi connectivity index (χ1n) is 10.5. The summed E-state index contributed by atoms with van der Waals surface area (Å²) >= 11 is 0. The molecule has 1 aliphatic heterocycles. The molecular weight excluding hydrogens is 348 g/mol. The van der Waals surface area contributed by atoms with Crippen LogP contribution in [0.25, 0.3) is 11.1 Å². The van der Waals surface area contributed by atoms with Crippen LogP contribution in [0.4, 0.5) is 5.69 Å². The largest absolute Gasteiger partial charge is 0.497 e. The number of anilines is 1. The van der Waals surface area contributed by atoms with Gasteiger partial charge < -0.3 is 10.1 Å². The van der Waals surface area contributed by atoms with Crippen molar-refractivity contribution in [2.75, 3.05) is 25.5 Å². The highest BCUT2D eigenvalue weighted by Crippen LogP contribution is 2.29. The molecule has 1 saturated heterocycles. The van der Waals surface area contributed by atoms with Crippen LogP contribution in [0, 0.1) is 5.92 Å². The van der Waals surface area contributed by atoms with E-state index in [4.69, 9.17) is 4.74 Å². The number of likely N-dealkylation sites (tertiary alicyclic amines) is 1. The van der Waals surface area contributed by atoms with E-state index in [0.717, 1.165) is 48.5 Å². The molecule has 4 nitrogen and oxygen atoms in total. The second-order valence-corrected chi connectivity index (χ2v) is 8.07. The van der Waals surface area contributed by atoms with Crippen molar-refractivity contribution in [1.29, 1.82) is 0 Å². The lowest BCUT2D eigenvalue weighted by molar-refractivity contribution is -0.121. The number of rotatable bonds is 5. The summed E-state index contributed by atoms with van der Waals surface area (Å²) in [5.74, 6) is 1.11. The van der Waals surface area contributed by atoms with Gasteiger partial charge in [0, 0.05) is 18.3 Å². The Morgan fingerprint density at radius 1 is 1.00 bits per heavy atom. The fourth-order valence-corrected chi connectivity index (χ4v) is 4.61. The topological polar surface area (TPSA) is 41.6 Å². The maximum atomic E-state index is 12.8. The Morgan fingerprint density at radius 3 is 2.54 bits per heavy atom. The third-order valence-corrected chi connectivity index (χ3v) is 6.22. The minimum atomic E-state index is 0.104. The average Bonchev–Trinajstić information content (AvgIpc) is 3.29. The van der Waals surface area contributed by atoms with Crippen LogP contribution in [-0.2, 0) is 4.79 Å². The molecule has 2 aromatic rings. The van der Waals surface area contributed by atoms with Crippen LogP contribution in [-0.4, -0.2) is 37.0 Å². The lowest BCUT2D eigenvalue weighted by atomic mass is 9.95. The molecule has 1 amide bonds. The summed E-state index contributed by atoms with van der Waals surface area (Å²) in [4.78, 5) is 15.4. The van der Waals surface area contributed by atoms with Gasteiger partial charge in [0.05, 0.1) is 13.0 Å². The van der Waals surface area contributed by atoms with Gasteiger partial charge in [-0.1, -0.05) is 37.1 Å². The molecule has 1 heterocycles. The van der Waals surface area contributed by atoms with Gasteiger partial charge in [-0.15, -0.1) is 0 Å². The van der Waals surface area contributed by atoms with Gasteiger partial charge in [-0.3, -0.25) is 9.69 Å². The Morgan fingerprint density at radius 2 is 1.79 bits per heavy atom. The normalized spacial score (nSPS) is 20.8.